The minimum atomic E-state index is -0.393. The Morgan fingerprint density at radius 1 is 1.19 bits per heavy atom. The summed E-state index contributed by atoms with van der Waals surface area (Å²) in [4.78, 5) is 28.3. The van der Waals surface area contributed by atoms with Crippen molar-refractivity contribution in [1.29, 1.82) is 0 Å². The molecule has 0 amide bonds. The summed E-state index contributed by atoms with van der Waals surface area (Å²) in [7, 11) is 0. The highest BCUT2D eigenvalue weighted by molar-refractivity contribution is 5.97. The normalized spacial score (nSPS) is 11.2. The standard InChI is InChI=1S/C18H16N6O2/c1-11-8-14(12(2)20-11)16(25)10-23-18(26)15-9-19-24(17(15)21-22-23)13-6-4-3-5-7-13/h3-9,20H,10H2,1-2H3. The second kappa shape index (κ2) is 6.07. The van der Waals surface area contributed by atoms with Crippen LogP contribution in [0.5, 0.6) is 0 Å². The molecule has 1 aromatic carbocycles. The lowest BCUT2D eigenvalue weighted by molar-refractivity contribution is 0.0964. The van der Waals surface area contributed by atoms with Crippen LogP contribution in [0.15, 0.2) is 47.4 Å². The van der Waals surface area contributed by atoms with Gasteiger partial charge in [-0.3, -0.25) is 9.59 Å². The molecule has 0 aliphatic heterocycles. The Hall–Kier alpha value is -3.55. The molecule has 0 fully saturated rings. The summed E-state index contributed by atoms with van der Waals surface area (Å²) in [6.45, 7) is 3.53. The number of H-pyrrole nitrogens is 1. The van der Waals surface area contributed by atoms with Gasteiger partial charge in [-0.2, -0.15) is 5.10 Å². The zero-order valence-corrected chi connectivity index (χ0v) is 14.3. The molecule has 8 heteroatoms. The number of aromatic amines is 1. The molecule has 0 bridgehead atoms. The molecule has 130 valence electrons. The molecule has 0 unspecified atom stereocenters. The number of Topliss-reactive ketones (excluding diaryl/α,β-unsaturated/α-hetero) is 1. The summed E-state index contributed by atoms with van der Waals surface area (Å²) in [5.74, 6) is -0.196. The number of aryl methyl sites for hydroxylation is 2. The highest BCUT2D eigenvalue weighted by atomic mass is 16.1. The van der Waals surface area contributed by atoms with Crippen molar-refractivity contribution < 1.29 is 4.79 Å². The lowest BCUT2D eigenvalue weighted by Crippen LogP contribution is -2.28. The summed E-state index contributed by atoms with van der Waals surface area (Å²) in [5.41, 5.74) is 2.96. The van der Waals surface area contributed by atoms with E-state index >= 15 is 0 Å². The number of aromatic nitrogens is 6. The van der Waals surface area contributed by atoms with Gasteiger partial charge in [-0.05, 0) is 32.0 Å². The number of hydrogen-bond donors (Lipinski definition) is 1. The van der Waals surface area contributed by atoms with Crippen LogP contribution in [0, 0.1) is 13.8 Å². The highest BCUT2D eigenvalue weighted by Crippen LogP contribution is 2.13. The van der Waals surface area contributed by atoms with Gasteiger partial charge in [0.25, 0.3) is 5.56 Å². The van der Waals surface area contributed by atoms with Crippen LogP contribution >= 0.6 is 0 Å². The van der Waals surface area contributed by atoms with Crippen molar-refractivity contribution in [3.8, 4) is 5.69 Å². The molecule has 0 saturated carbocycles. The number of rotatable bonds is 4. The minimum Gasteiger partial charge on any atom is -0.362 e. The van der Waals surface area contributed by atoms with Crippen molar-refractivity contribution >= 4 is 16.8 Å². The van der Waals surface area contributed by atoms with Gasteiger partial charge >= 0.3 is 0 Å². The first-order valence-corrected chi connectivity index (χ1v) is 8.11. The van der Waals surface area contributed by atoms with E-state index in [4.69, 9.17) is 0 Å². The smallest absolute Gasteiger partial charge is 0.281 e. The van der Waals surface area contributed by atoms with E-state index in [2.05, 4.69) is 20.4 Å². The molecule has 3 heterocycles. The molecule has 0 spiro atoms. The van der Waals surface area contributed by atoms with Gasteiger partial charge in [-0.1, -0.05) is 23.4 Å². The summed E-state index contributed by atoms with van der Waals surface area (Å²) >= 11 is 0. The summed E-state index contributed by atoms with van der Waals surface area (Å²) in [6, 6.07) is 11.1. The number of para-hydroxylation sites is 1. The lowest BCUT2D eigenvalue weighted by Gasteiger charge is -2.04. The van der Waals surface area contributed by atoms with E-state index in [1.807, 2.05) is 44.2 Å². The van der Waals surface area contributed by atoms with Crippen LogP contribution in [0.3, 0.4) is 0 Å². The van der Waals surface area contributed by atoms with Crippen molar-refractivity contribution in [2.75, 3.05) is 0 Å². The Morgan fingerprint density at radius 2 is 1.96 bits per heavy atom. The van der Waals surface area contributed by atoms with Gasteiger partial charge in [-0.25, -0.2) is 9.36 Å². The van der Waals surface area contributed by atoms with E-state index in [0.717, 1.165) is 21.8 Å². The van der Waals surface area contributed by atoms with Gasteiger partial charge in [0.2, 0.25) is 0 Å². The van der Waals surface area contributed by atoms with Gasteiger partial charge in [0.1, 0.15) is 11.9 Å². The Bertz CT molecular complexity index is 1170. The zero-order chi connectivity index (χ0) is 18.3. The number of carbonyl (C=O) groups excluding carboxylic acids is 1. The monoisotopic (exact) mass is 348 g/mol. The van der Waals surface area contributed by atoms with E-state index in [0.29, 0.717) is 16.6 Å². The van der Waals surface area contributed by atoms with Crippen molar-refractivity contribution in [2.45, 2.75) is 20.4 Å². The van der Waals surface area contributed by atoms with Crippen LogP contribution in [0.4, 0.5) is 0 Å². The average molecular weight is 348 g/mol. The molecule has 4 rings (SSSR count). The Labute approximate surface area is 148 Å². The first-order valence-electron chi connectivity index (χ1n) is 8.11. The third-order valence-corrected chi connectivity index (χ3v) is 4.20. The van der Waals surface area contributed by atoms with E-state index in [1.54, 1.807) is 10.7 Å². The lowest BCUT2D eigenvalue weighted by atomic mass is 10.1. The number of ketones is 1. The quantitative estimate of drug-likeness (QED) is 0.567. The second-order valence-electron chi connectivity index (χ2n) is 6.10. The maximum Gasteiger partial charge on any atom is 0.281 e. The Kier molecular flexibility index (Phi) is 3.72. The highest BCUT2D eigenvalue weighted by Gasteiger charge is 2.17. The molecule has 26 heavy (non-hydrogen) atoms. The van der Waals surface area contributed by atoms with Crippen molar-refractivity contribution in [3.05, 3.63) is 69.9 Å². The predicted octanol–water partition coefficient (Wildman–Crippen LogP) is 1.81. The zero-order valence-electron chi connectivity index (χ0n) is 14.3. The molecule has 4 aromatic rings. The maximum atomic E-state index is 12.7. The predicted molar refractivity (Wildman–Crippen MR) is 95.5 cm³/mol. The molecule has 0 saturated heterocycles. The summed E-state index contributed by atoms with van der Waals surface area (Å²) < 4.78 is 2.62. The van der Waals surface area contributed by atoms with Gasteiger partial charge in [0.05, 0.1) is 11.9 Å². The van der Waals surface area contributed by atoms with Crippen LogP contribution < -0.4 is 5.56 Å². The summed E-state index contributed by atoms with van der Waals surface area (Å²) in [6.07, 6.45) is 1.45. The van der Waals surface area contributed by atoms with Gasteiger partial charge < -0.3 is 4.98 Å². The number of carbonyl (C=O) groups is 1. The third-order valence-electron chi connectivity index (χ3n) is 4.20. The number of benzene rings is 1. The van der Waals surface area contributed by atoms with Crippen molar-refractivity contribution in [2.24, 2.45) is 0 Å². The Balaban J connectivity index is 1.72. The van der Waals surface area contributed by atoms with Gasteiger partial charge in [0, 0.05) is 17.0 Å². The van der Waals surface area contributed by atoms with Crippen LogP contribution in [-0.4, -0.2) is 35.5 Å². The van der Waals surface area contributed by atoms with Crippen LogP contribution in [0.1, 0.15) is 21.7 Å². The topological polar surface area (TPSA) is 98.5 Å². The van der Waals surface area contributed by atoms with Crippen LogP contribution in [-0.2, 0) is 6.54 Å². The molecule has 0 aliphatic rings. The van der Waals surface area contributed by atoms with Gasteiger partial charge in [-0.15, -0.1) is 5.10 Å². The SMILES string of the molecule is Cc1cc(C(=O)Cn2nnc3c(cnn3-c3ccccc3)c2=O)c(C)[nH]1. The van der Waals surface area contributed by atoms with E-state index in [1.165, 1.54) is 6.20 Å². The fraction of sp³-hybridized carbons (Fsp3) is 0.167. The fourth-order valence-electron chi connectivity index (χ4n) is 2.96. The van der Waals surface area contributed by atoms with E-state index in [-0.39, 0.29) is 12.3 Å². The first kappa shape index (κ1) is 15.9. The minimum absolute atomic E-state index is 0.170. The number of fused-ring (bicyclic) bond motifs is 1. The van der Waals surface area contributed by atoms with Crippen molar-refractivity contribution in [3.63, 3.8) is 0 Å². The largest absolute Gasteiger partial charge is 0.362 e. The maximum absolute atomic E-state index is 12.7. The van der Waals surface area contributed by atoms with Crippen LogP contribution in [0.2, 0.25) is 0 Å². The molecule has 0 atom stereocenters. The van der Waals surface area contributed by atoms with E-state index < -0.39 is 5.56 Å². The van der Waals surface area contributed by atoms with Crippen LogP contribution in [0.25, 0.3) is 16.7 Å². The molecule has 0 radical (unpaired) electrons. The number of hydrogen-bond acceptors (Lipinski definition) is 5. The average Bonchev–Trinajstić information content (AvgIpc) is 3.21. The molecular formula is C18H16N6O2. The third kappa shape index (κ3) is 2.61. The molecule has 0 aliphatic carbocycles. The second-order valence-corrected chi connectivity index (χ2v) is 6.10. The fourth-order valence-corrected chi connectivity index (χ4v) is 2.96. The van der Waals surface area contributed by atoms with Gasteiger partial charge in [0.15, 0.2) is 11.4 Å². The molecular weight excluding hydrogens is 332 g/mol. The molecule has 3 aromatic heterocycles. The summed E-state index contributed by atoms with van der Waals surface area (Å²) in [5, 5.41) is 12.6. The number of nitrogens with one attached hydrogen (secondary N) is 1. The van der Waals surface area contributed by atoms with Crippen molar-refractivity contribution in [1.82, 2.24) is 29.8 Å². The Morgan fingerprint density at radius 3 is 2.65 bits per heavy atom. The van der Waals surface area contributed by atoms with E-state index in [9.17, 15) is 9.59 Å². The first-order chi connectivity index (χ1) is 12.5. The number of nitrogens with zero attached hydrogens (tertiary/aromatic N) is 5. The molecule has 1 N–H and O–H groups in total. The molecule has 8 nitrogen and oxygen atoms in total.